The molecule has 3 rings (SSSR count). The molecule has 0 aliphatic heterocycles. The fourth-order valence-corrected chi connectivity index (χ4v) is 3.36. The lowest BCUT2D eigenvalue weighted by Gasteiger charge is -2.12. The van der Waals surface area contributed by atoms with E-state index in [0.29, 0.717) is 21.8 Å². The minimum atomic E-state index is -4.39. The van der Waals surface area contributed by atoms with Crippen LogP contribution in [0, 0.1) is 0 Å². The number of hydrogen-bond donors (Lipinski definition) is 0. The first-order chi connectivity index (χ1) is 12.4. The maximum Gasteiger partial charge on any atom is 0.416 e. The van der Waals surface area contributed by atoms with Gasteiger partial charge in [0.05, 0.1) is 10.9 Å². The summed E-state index contributed by atoms with van der Waals surface area (Å²) in [4.78, 5) is 21.1. The number of nitrogens with zero attached hydrogens (tertiary/aromatic N) is 3. The van der Waals surface area contributed by atoms with E-state index >= 15 is 0 Å². The smallest absolute Gasteiger partial charge is 0.283 e. The molecule has 2 heterocycles. The minimum Gasteiger partial charge on any atom is -0.283 e. The molecule has 8 heteroatoms. The summed E-state index contributed by atoms with van der Waals surface area (Å²) in [6, 6.07) is 8.39. The second-order valence-electron chi connectivity index (χ2n) is 5.46. The first-order valence-corrected chi connectivity index (χ1v) is 8.64. The Balaban J connectivity index is 1.95. The van der Waals surface area contributed by atoms with Crippen LogP contribution < -0.4 is 5.56 Å². The molecule has 0 unspecified atom stereocenters. The Labute approximate surface area is 151 Å². The molecule has 0 amide bonds. The maximum absolute atomic E-state index is 12.8. The summed E-state index contributed by atoms with van der Waals surface area (Å²) in [5.74, 6) is 0.242. The molecule has 3 aromatic rings. The zero-order valence-electron chi connectivity index (χ0n) is 13.5. The molecule has 0 N–H and O–H groups in total. The molecule has 0 bridgehead atoms. The molecule has 0 atom stereocenters. The summed E-state index contributed by atoms with van der Waals surface area (Å²) in [5.41, 5.74) is -0.156. The Morgan fingerprint density at radius 3 is 2.77 bits per heavy atom. The van der Waals surface area contributed by atoms with Gasteiger partial charge in [-0.2, -0.15) is 13.2 Å². The van der Waals surface area contributed by atoms with E-state index in [0.717, 1.165) is 12.1 Å². The van der Waals surface area contributed by atoms with Crippen molar-refractivity contribution in [3.8, 4) is 0 Å². The Morgan fingerprint density at radius 1 is 1.23 bits per heavy atom. The Kier molecular flexibility index (Phi) is 5.13. The van der Waals surface area contributed by atoms with Crippen molar-refractivity contribution < 1.29 is 13.2 Å². The van der Waals surface area contributed by atoms with Crippen LogP contribution in [-0.2, 0) is 18.5 Å². The normalized spacial score (nSPS) is 11.7. The van der Waals surface area contributed by atoms with E-state index in [-0.39, 0.29) is 17.9 Å². The zero-order valence-corrected chi connectivity index (χ0v) is 14.3. The van der Waals surface area contributed by atoms with Crippen LogP contribution in [0.15, 0.2) is 65.2 Å². The van der Waals surface area contributed by atoms with Gasteiger partial charge in [-0.15, -0.1) is 6.58 Å². The number of alkyl halides is 3. The maximum atomic E-state index is 12.8. The number of fused-ring (bicyclic) bond motifs is 1. The highest BCUT2D eigenvalue weighted by molar-refractivity contribution is 7.98. The largest absolute Gasteiger partial charge is 0.416 e. The molecule has 0 radical (unpaired) electrons. The van der Waals surface area contributed by atoms with Crippen LogP contribution in [0.2, 0.25) is 0 Å². The number of halogens is 3. The molecule has 0 aliphatic rings. The van der Waals surface area contributed by atoms with Crippen molar-refractivity contribution in [2.75, 3.05) is 0 Å². The monoisotopic (exact) mass is 377 g/mol. The van der Waals surface area contributed by atoms with E-state index in [1.54, 1.807) is 24.3 Å². The molecular weight excluding hydrogens is 363 g/mol. The molecule has 1 aromatic carbocycles. The van der Waals surface area contributed by atoms with Gasteiger partial charge < -0.3 is 0 Å². The molecule has 0 saturated heterocycles. The zero-order chi connectivity index (χ0) is 18.7. The van der Waals surface area contributed by atoms with Crippen LogP contribution in [0.5, 0.6) is 0 Å². The number of hydrogen-bond acceptors (Lipinski definition) is 4. The van der Waals surface area contributed by atoms with Gasteiger partial charge in [-0.25, -0.2) is 9.97 Å². The number of pyridine rings is 1. The molecular formula is C18H14F3N3OS. The van der Waals surface area contributed by atoms with E-state index in [1.165, 1.54) is 28.6 Å². The standard InChI is InChI=1S/C18H14F3N3OS/c1-2-9-24-16(25)14-7-4-8-22-15(14)23-17(24)26-11-12-5-3-6-13(10-12)18(19,20)21/h2-8,10H,1,9,11H2. The third kappa shape index (κ3) is 3.80. The highest BCUT2D eigenvalue weighted by Gasteiger charge is 2.30. The SMILES string of the molecule is C=CCn1c(SCc2cccc(C(F)(F)F)c2)nc2ncccc2c1=O. The van der Waals surface area contributed by atoms with E-state index in [2.05, 4.69) is 16.5 Å². The predicted octanol–water partition coefficient (Wildman–Crippen LogP) is 4.29. The Hall–Kier alpha value is -2.61. The van der Waals surface area contributed by atoms with Crippen LogP contribution >= 0.6 is 11.8 Å². The molecule has 134 valence electrons. The summed E-state index contributed by atoms with van der Waals surface area (Å²) in [6.07, 6.45) is -1.29. The second-order valence-corrected chi connectivity index (χ2v) is 6.40. The van der Waals surface area contributed by atoms with E-state index in [4.69, 9.17) is 0 Å². The average molecular weight is 377 g/mol. The third-order valence-electron chi connectivity index (χ3n) is 3.63. The van der Waals surface area contributed by atoms with Crippen molar-refractivity contribution in [3.05, 3.63) is 76.7 Å². The van der Waals surface area contributed by atoms with E-state index < -0.39 is 11.7 Å². The fraction of sp³-hybridized carbons (Fsp3) is 0.167. The average Bonchev–Trinajstić information content (AvgIpc) is 2.62. The highest BCUT2D eigenvalue weighted by Crippen LogP contribution is 2.31. The molecule has 2 aromatic heterocycles. The number of allylic oxidation sites excluding steroid dienone is 1. The quantitative estimate of drug-likeness (QED) is 0.378. The summed E-state index contributed by atoms with van der Waals surface area (Å²) in [7, 11) is 0. The van der Waals surface area contributed by atoms with Gasteiger partial charge in [-0.05, 0) is 23.8 Å². The highest BCUT2D eigenvalue weighted by atomic mass is 32.2. The van der Waals surface area contributed by atoms with Crippen molar-refractivity contribution in [3.63, 3.8) is 0 Å². The van der Waals surface area contributed by atoms with Crippen LogP contribution in [0.4, 0.5) is 13.2 Å². The van der Waals surface area contributed by atoms with Gasteiger partial charge in [0.1, 0.15) is 0 Å². The van der Waals surface area contributed by atoms with Crippen LogP contribution in [-0.4, -0.2) is 14.5 Å². The number of aromatic nitrogens is 3. The minimum absolute atomic E-state index is 0.242. The van der Waals surface area contributed by atoms with Gasteiger partial charge in [0.2, 0.25) is 0 Å². The lowest BCUT2D eigenvalue weighted by molar-refractivity contribution is -0.137. The lowest BCUT2D eigenvalue weighted by atomic mass is 10.1. The van der Waals surface area contributed by atoms with Gasteiger partial charge in [-0.3, -0.25) is 9.36 Å². The Morgan fingerprint density at radius 2 is 2.04 bits per heavy atom. The number of benzene rings is 1. The molecule has 0 aliphatic carbocycles. The van der Waals surface area contributed by atoms with Crippen molar-refractivity contribution in [2.24, 2.45) is 0 Å². The second kappa shape index (κ2) is 7.33. The first kappa shape index (κ1) is 18.2. The molecule has 26 heavy (non-hydrogen) atoms. The number of thioether (sulfide) groups is 1. The van der Waals surface area contributed by atoms with Crippen molar-refractivity contribution in [2.45, 2.75) is 23.6 Å². The summed E-state index contributed by atoms with van der Waals surface area (Å²) in [5, 5.41) is 0.774. The van der Waals surface area contributed by atoms with Gasteiger partial charge in [-0.1, -0.05) is 36.0 Å². The van der Waals surface area contributed by atoms with Gasteiger partial charge >= 0.3 is 6.18 Å². The molecule has 0 fully saturated rings. The van der Waals surface area contributed by atoms with E-state index in [9.17, 15) is 18.0 Å². The topological polar surface area (TPSA) is 47.8 Å². The molecule has 0 saturated carbocycles. The summed E-state index contributed by atoms with van der Waals surface area (Å²) in [6.45, 7) is 3.89. The van der Waals surface area contributed by atoms with E-state index in [1.807, 2.05) is 0 Å². The predicted molar refractivity (Wildman–Crippen MR) is 95.0 cm³/mol. The summed E-state index contributed by atoms with van der Waals surface area (Å²) < 4.78 is 40.0. The fourth-order valence-electron chi connectivity index (χ4n) is 2.42. The third-order valence-corrected chi connectivity index (χ3v) is 4.68. The van der Waals surface area contributed by atoms with Crippen LogP contribution in [0.1, 0.15) is 11.1 Å². The van der Waals surface area contributed by atoms with Crippen molar-refractivity contribution in [1.29, 1.82) is 0 Å². The molecule has 0 spiro atoms. The van der Waals surface area contributed by atoms with Crippen molar-refractivity contribution >= 4 is 22.8 Å². The first-order valence-electron chi connectivity index (χ1n) is 7.65. The van der Waals surface area contributed by atoms with Crippen LogP contribution in [0.3, 0.4) is 0 Å². The molecule has 4 nitrogen and oxygen atoms in total. The lowest BCUT2D eigenvalue weighted by Crippen LogP contribution is -2.23. The number of rotatable bonds is 5. The van der Waals surface area contributed by atoms with Crippen LogP contribution in [0.25, 0.3) is 11.0 Å². The summed E-state index contributed by atoms with van der Waals surface area (Å²) >= 11 is 1.19. The van der Waals surface area contributed by atoms with Gasteiger partial charge in [0.15, 0.2) is 10.8 Å². The van der Waals surface area contributed by atoms with Gasteiger partial charge in [0, 0.05) is 18.5 Å². The van der Waals surface area contributed by atoms with Crippen molar-refractivity contribution in [1.82, 2.24) is 14.5 Å². The Bertz CT molecular complexity index is 1010. The van der Waals surface area contributed by atoms with Gasteiger partial charge in [0.25, 0.3) is 5.56 Å².